The molecule has 1 aromatic heterocycles. The van der Waals surface area contributed by atoms with Crippen LogP contribution in [0.2, 0.25) is 0 Å². The summed E-state index contributed by atoms with van der Waals surface area (Å²) in [7, 11) is 0. The van der Waals surface area contributed by atoms with Crippen molar-refractivity contribution in [2.24, 2.45) is 0 Å². The molecule has 1 aliphatic heterocycles. The van der Waals surface area contributed by atoms with Gasteiger partial charge in [0.05, 0.1) is 8.66 Å². The number of carbonyl (C=O) groups excluding carboxylic acids is 1. The Morgan fingerprint density at radius 1 is 1.60 bits per heavy atom. The first-order valence-corrected chi connectivity index (χ1v) is 7.03. The molecule has 0 saturated carbocycles. The van der Waals surface area contributed by atoms with Gasteiger partial charge in [-0.2, -0.15) is 0 Å². The molecule has 0 unspecified atom stereocenters. The van der Waals surface area contributed by atoms with Gasteiger partial charge in [-0.15, -0.1) is 11.3 Å². The van der Waals surface area contributed by atoms with E-state index in [-0.39, 0.29) is 11.9 Å². The van der Waals surface area contributed by atoms with E-state index < -0.39 is 0 Å². The first-order valence-electron chi connectivity index (χ1n) is 4.63. The molecule has 3 nitrogen and oxygen atoms in total. The van der Waals surface area contributed by atoms with Crippen molar-refractivity contribution in [1.29, 1.82) is 0 Å². The molecule has 1 saturated heterocycles. The van der Waals surface area contributed by atoms with Gasteiger partial charge in [0, 0.05) is 17.1 Å². The Kier molecular flexibility index (Phi) is 3.82. The second kappa shape index (κ2) is 4.95. The van der Waals surface area contributed by atoms with Gasteiger partial charge in [0.1, 0.15) is 0 Å². The molecule has 1 aliphatic rings. The lowest BCUT2D eigenvalue weighted by atomic mass is 10.2. The van der Waals surface area contributed by atoms with Gasteiger partial charge >= 0.3 is 0 Å². The van der Waals surface area contributed by atoms with Crippen molar-refractivity contribution in [3.05, 3.63) is 19.2 Å². The molecule has 2 heterocycles. The van der Waals surface area contributed by atoms with Crippen molar-refractivity contribution in [2.75, 3.05) is 13.1 Å². The van der Waals surface area contributed by atoms with Crippen molar-refractivity contribution < 1.29 is 4.79 Å². The molecular weight excluding hydrogens is 344 g/mol. The quantitative estimate of drug-likeness (QED) is 0.856. The van der Waals surface area contributed by atoms with Crippen LogP contribution < -0.4 is 10.6 Å². The molecule has 0 spiro atoms. The summed E-state index contributed by atoms with van der Waals surface area (Å²) in [6.07, 6.45) is 1.01. The van der Waals surface area contributed by atoms with Gasteiger partial charge in [-0.1, -0.05) is 0 Å². The normalized spacial score (nSPS) is 20.5. The van der Waals surface area contributed by atoms with Crippen LogP contribution in [0.25, 0.3) is 0 Å². The summed E-state index contributed by atoms with van der Waals surface area (Å²) in [5.74, 6) is 0.0140. The van der Waals surface area contributed by atoms with Gasteiger partial charge in [-0.05, 0) is 50.9 Å². The predicted molar refractivity (Wildman–Crippen MR) is 68.5 cm³/mol. The molecule has 82 valence electrons. The van der Waals surface area contributed by atoms with E-state index >= 15 is 0 Å². The maximum absolute atomic E-state index is 11.8. The molecule has 1 fully saturated rings. The van der Waals surface area contributed by atoms with Gasteiger partial charge in [-0.3, -0.25) is 4.79 Å². The molecule has 0 aliphatic carbocycles. The third kappa shape index (κ3) is 2.81. The fourth-order valence-corrected chi connectivity index (χ4v) is 3.43. The molecule has 0 radical (unpaired) electrons. The summed E-state index contributed by atoms with van der Waals surface area (Å²) in [4.78, 5) is 12.5. The fourth-order valence-electron chi connectivity index (χ4n) is 1.49. The van der Waals surface area contributed by atoms with Gasteiger partial charge in [-0.25, -0.2) is 0 Å². The van der Waals surface area contributed by atoms with Crippen LogP contribution in [0.5, 0.6) is 0 Å². The standard InChI is InChI=1S/C9H10Br2N2OS/c10-6-3-7(15-8(6)11)9(14)13-5-1-2-12-4-5/h3,5,12H,1-2,4H2,(H,13,14)/t5-/m1/s1. The summed E-state index contributed by atoms with van der Waals surface area (Å²) >= 11 is 8.19. The molecular formula is C9H10Br2N2OS. The van der Waals surface area contributed by atoms with E-state index in [1.54, 1.807) is 0 Å². The summed E-state index contributed by atoms with van der Waals surface area (Å²) < 4.78 is 1.89. The molecule has 2 rings (SSSR count). The van der Waals surface area contributed by atoms with E-state index in [4.69, 9.17) is 0 Å². The number of rotatable bonds is 2. The molecule has 0 aromatic carbocycles. The minimum Gasteiger partial charge on any atom is -0.347 e. The first-order chi connectivity index (χ1) is 7.16. The maximum atomic E-state index is 11.8. The monoisotopic (exact) mass is 352 g/mol. The summed E-state index contributed by atoms with van der Waals surface area (Å²) in [5.41, 5.74) is 0. The van der Waals surface area contributed by atoms with Gasteiger partial charge < -0.3 is 10.6 Å². The van der Waals surface area contributed by atoms with E-state index in [1.165, 1.54) is 11.3 Å². The van der Waals surface area contributed by atoms with E-state index in [1.807, 2.05) is 6.07 Å². The number of carbonyl (C=O) groups is 1. The highest BCUT2D eigenvalue weighted by atomic mass is 79.9. The van der Waals surface area contributed by atoms with Crippen LogP contribution in [0, 0.1) is 0 Å². The van der Waals surface area contributed by atoms with Crippen LogP contribution in [-0.2, 0) is 0 Å². The second-order valence-electron chi connectivity index (χ2n) is 3.40. The van der Waals surface area contributed by atoms with Gasteiger partial charge in [0.2, 0.25) is 0 Å². The topological polar surface area (TPSA) is 41.1 Å². The zero-order chi connectivity index (χ0) is 10.8. The number of hydrogen-bond donors (Lipinski definition) is 2. The minimum absolute atomic E-state index is 0.0140. The van der Waals surface area contributed by atoms with Crippen LogP contribution in [0.3, 0.4) is 0 Å². The third-order valence-corrected chi connectivity index (χ3v) is 5.52. The largest absolute Gasteiger partial charge is 0.347 e. The summed E-state index contributed by atoms with van der Waals surface area (Å²) in [6.45, 7) is 1.86. The predicted octanol–water partition coefficient (Wildman–Crippen LogP) is 2.36. The minimum atomic E-state index is 0.0140. The van der Waals surface area contributed by atoms with Crippen LogP contribution in [0.15, 0.2) is 14.3 Å². The zero-order valence-electron chi connectivity index (χ0n) is 7.85. The SMILES string of the molecule is O=C(N[C@@H]1CCNC1)c1cc(Br)c(Br)s1. The molecule has 1 atom stereocenters. The third-order valence-electron chi connectivity index (χ3n) is 2.26. The van der Waals surface area contributed by atoms with Crippen molar-refractivity contribution >= 4 is 49.1 Å². The Bertz CT molecular complexity index is 355. The number of amides is 1. The average Bonchev–Trinajstić information content (AvgIpc) is 2.78. The Morgan fingerprint density at radius 2 is 2.40 bits per heavy atom. The molecule has 6 heteroatoms. The zero-order valence-corrected chi connectivity index (χ0v) is 11.8. The highest BCUT2D eigenvalue weighted by Gasteiger charge is 2.19. The average molecular weight is 354 g/mol. The van der Waals surface area contributed by atoms with Crippen molar-refractivity contribution in [3.63, 3.8) is 0 Å². The van der Waals surface area contributed by atoms with Crippen molar-refractivity contribution in [3.8, 4) is 0 Å². The Labute approximate surface area is 109 Å². The molecule has 1 amide bonds. The lowest BCUT2D eigenvalue weighted by Gasteiger charge is -2.09. The summed E-state index contributed by atoms with van der Waals surface area (Å²) in [6, 6.07) is 2.11. The van der Waals surface area contributed by atoms with Crippen LogP contribution in [0.4, 0.5) is 0 Å². The molecule has 0 bridgehead atoms. The summed E-state index contributed by atoms with van der Waals surface area (Å²) in [5, 5.41) is 6.22. The van der Waals surface area contributed by atoms with E-state index in [2.05, 4.69) is 42.5 Å². The number of thiophene rings is 1. The van der Waals surface area contributed by atoms with E-state index in [0.717, 1.165) is 32.6 Å². The van der Waals surface area contributed by atoms with E-state index in [9.17, 15) is 4.79 Å². The molecule has 15 heavy (non-hydrogen) atoms. The first kappa shape index (κ1) is 11.6. The maximum Gasteiger partial charge on any atom is 0.261 e. The van der Waals surface area contributed by atoms with Crippen molar-refractivity contribution in [1.82, 2.24) is 10.6 Å². The Hall–Kier alpha value is 0.0900. The number of halogens is 2. The highest BCUT2D eigenvalue weighted by molar-refractivity contribution is 9.13. The van der Waals surface area contributed by atoms with Crippen LogP contribution >= 0.6 is 43.2 Å². The Morgan fingerprint density at radius 3 is 2.93 bits per heavy atom. The number of hydrogen-bond acceptors (Lipinski definition) is 3. The Balaban J connectivity index is 2.00. The smallest absolute Gasteiger partial charge is 0.261 e. The van der Waals surface area contributed by atoms with Gasteiger partial charge in [0.15, 0.2) is 0 Å². The van der Waals surface area contributed by atoms with Gasteiger partial charge in [0.25, 0.3) is 5.91 Å². The van der Waals surface area contributed by atoms with Crippen LogP contribution in [-0.4, -0.2) is 25.0 Å². The lowest BCUT2D eigenvalue weighted by molar-refractivity contribution is 0.0944. The molecule has 2 N–H and O–H groups in total. The number of nitrogens with one attached hydrogen (secondary N) is 2. The second-order valence-corrected chi connectivity index (χ2v) is 6.62. The fraction of sp³-hybridized carbons (Fsp3) is 0.444. The molecule has 1 aromatic rings. The lowest BCUT2D eigenvalue weighted by Crippen LogP contribution is -2.35. The highest BCUT2D eigenvalue weighted by Crippen LogP contribution is 2.32. The van der Waals surface area contributed by atoms with Crippen molar-refractivity contribution in [2.45, 2.75) is 12.5 Å². The van der Waals surface area contributed by atoms with Crippen LogP contribution in [0.1, 0.15) is 16.1 Å². The van der Waals surface area contributed by atoms with E-state index in [0.29, 0.717) is 0 Å².